The van der Waals surface area contributed by atoms with E-state index in [0.717, 1.165) is 57.2 Å². The topological polar surface area (TPSA) is 58.3 Å². The van der Waals surface area contributed by atoms with Gasteiger partial charge in [0.1, 0.15) is 11.6 Å². The molecule has 6 heteroatoms. The number of hydrogen-bond acceptors (Lipinski definition) is 3. The van der Waals surface area contributed by atoms with Crippen LogP contribution in [0.1, 0.15) is 55.4 Å². The molecule has 1 aromatic heterocycles. The summed E-state index contributed by atoms with van der Waals surface area (Å²) in [6.07, 6.45) is 6.78. The quantitative estimate of drug-likeness (QED) is 0.453. The fraction of sp³-hybridized carbons (Fsp3) is 0.591. The Balaban J connectivity index is 1.56. The lowest BCUT2D eigenvalue weighted by Crippen LogP contribution is -2.38. The van der Waals surface area contributed by atoms with Crippen LogP contribution in [0.25, 0.3) is 0 Å². The van der Waals surface area contributed by atoms with Crippen molar-refractivity contribution in [2.45, 2.75) is 65.5 Å². The fourth-order valence-electron chi connectivity index (χ4n) is 3.74. The molecule has 0 spiro atoms. The van der Waals surface area contributed by atoms with Gasteiger partial charge in [-0.15, -0.1) is 10.2 Å². The Hall–Kier alpha value is -2.37. The van der Waals surface area contributed by atoms with Crippen LogP contribution in [0.15, 0.2) is 29.3 Å². The van der Waals surface area contributed by atoms with Crippen molar-refractivity contribution in [3.63, 3.8) is 0 Å². The molecule has 0 bridgehead atoms. The number of rotatable bonds is 7. The molecule has 0 atom stereocenters. The van der Waals surface area contributed by atoms with Crippen LogP contribution in [0, 0.1) is 6.92 Å². The summed E-state index contributed by atoms with van der Waals surface area (Å²) < 4.78 is 2.34. The summed E-state index contributed by atoms with van der Waals surface area (Å²) in [4.78, 5) is 7.05. The smallest absolute Gasteiger partial charge is 0.193 e. The van der Waals surface area contributed by atoms with Gasteiger partial charge < -0.3 is 14.8 Å². The average molecular weight is 383 g/mol. The largest absolute Gasteiger partial charge is 0.357 e. The molecule has 0 saturated heterocycles. The molecule has 0 radical (unpaired) electrons. The molecule has 0 aliphatic carbocycles. The third kappa shape index (κ3) is 5.33. The Morgan fingerprint density at radius 2 is 2.07 bits per heavy atom. The molecule has 152 valence electrons. The maximum Gasteiger partial charge on any atom is 0.193 e. The third-order valence-electron chi connectivity index (χ3n) is 5.37. The van der Waals surface area contributed by atoms with Crippen molar-refractivity contribution in [1.82, 2.24) is 25.0 Å². The van der Waals surface area contributed by atoms with Gasteiger partial charge in [-0.2, -0.15) is 0 Å². The summed E-state index contributed by atoms with van der Waals surface area (Å²) in [6, 6.07) is 8.53. The number of aliphatic imine (C=N–C) groups is 1. The first kappa shape index (κ1) is 20.4. The molecule has 1 aliphatic heterocycles. The van der Waals surface area contributed by atoms with Crippen LogP contribution in [0.5, 0.6) is 0 Å². The first-order valence-corrected chi connectivity index (χ1v) is 10.6. The number of nitrogens with one attached hydrogen (secondary N) is 1. The van der Waals surface area contributed by atoms with E-state index in [-0.39, 0.29) is 0 Å². The van der Waals surface area contributed by atoms with E-state index in [9.17, 15) is 0 Å². The highest BCUT2D eigenvalue weighted by Crippen LogP contribution is 2.15. The van der Waals surface area contributed by atoms with Gasteiger partial charge in [0, 0.05) is 46.1 Å². The van der Waals surface area contributed by atoms with Crippen molar-refractivity contribution >= 4 is 5.96 Å². The van der Waals surface area contributed by atoms with Gasteiger partial charge >= 0.3 is 0 Å². The van der Waals surface area contributed by atoms with Gasteiger partial charge in [-0.3, -0.25) is 4.99 Å². The number of nitrogens with zero attached hydrogens (tertiary/aromatic N) is 5. The summed E-state index contributed by atoms with van der Waals surface area (Å²) in [5.74, 6) is 3.26. The molecule has 2 aromatic rings. The number of hydrogen-bond donors (Lipinski definition) is 1. The zero-order valence-corrected chi connectivity index (χ0v) is 17.6. The third-order valence-corrected chi connectivity index (χ3v) is 5.37. The first-order chi connectivity index (χ1) is 13.7. The van der Waals surface area contributed by atoms with Crippen molar-refractivity contribution in [2.75, 3.05) is 20.1 Å². The minimum absolute atomic E-state index is 0.794. The summed E-state index contributed by atoms with van der Waals surface area (Å²) in [5.41, 5.74) is 2.65. The van der Waals surface area contributed by atoms with E-state index >= 15 is 0 Å². The zero-order chi connectivity index (χ0) is 19.8. The second-order valence-electron chi connectivity index (χ2n) is 7.62. The predicted molar refractivity (Wildman–Crippen MR) is 115 cm³/mol. The van der Waals surface area contributed by atoms with E-state index in [1.807, 2.05) is 0 Å². The molecule has 1 aliphatic rings. The van der Waals surface area contributed by atoms with Crippen LogP contribution in [-0.4, -0.2) is 45.8 Å². The molecular weight excluding hydrogens is 348 g/mol. The minimum atomic E-state index is 0.794. The lowest BCUT2D eigenvalue weighted by atomic mass is 10.1. The van der Waals surface area contributed by atoms with Crippen molar-refractivity contribution < 1.29 is 0 Å². The molecule has 0 fully saturated rings. The minimum Gasteiger partial charge on any atom is -0.357 e. The molecular formula is C22H34N6. The molecule has 2 heterocycles. The Morgan fingerprint density at radius 3 is 2.89 bits per heavy atom. The monoisotopic (exact) mass is 382 g/mol. The van der Waals surface area contributed by atoms with E-state index in [0.29, 0.717) is 0 Å². The maximum absolute atomic E-state index is 4.84. The second kappa shape index (κ2) is 10.2. The number of fused-ring (bicyclic) bond motifs is 1. The van der Waals surface area contributed by atoms with E-state index in [4.69, 9.17) is 4.99 Å². The van der Waals surface area contributed by atoms with Gasteiger partial charge in [0.25, 0.3) is 0 Å². The molecule has 0 amide bonds. The van der Waals surface area contributed by atoms with Crippen molar-refractivity contribution in [2.24, 2.45) is 4.99 Å². The van der Waals surface area contributed by atoms with Crippen molar-refractivity contribution in [3.8, 4) is 0 Å². The Morgan fingerprint density at radius 1 is 1.21 bits per heavy atom. The molecule has 1 N–H and O–H groups in total. The lowest BCUT2D eigenvalue weighted by molar-refractivity contribution is 0.475. The number of aryl methyl sites for hydroxylation is 3. The summed E-state index contributed by atoms with van der Waals surface area (Å²) in [5, 5.41) is 12.2. The normalized spacial score (nSPS) is 14.5. The molecule has 3 rings (SSSR count). The van der Waals surface area contributed by atoms with Crippen LogP contribution in [0.4, 0.5) is 0 Å². The van der Waals surface area contributed by atoms with Gasteiger partial charge in [-0.25, -0.2) is 0 Å². The average Bonchev–Trinajstić information content (AvgIpc) is 2.92. The number of aromatic nitrogens is 3. The highest BCUT2D eigenvalue weighted by Gasteiger charge is 2.14. The standard InChI is InChI=1S/C22H34N6/c1-4-23-22(27(3)17-19-12-8-7-11-18(19)2)24-15-10-14-21-26-25-20-13-6-5-9-16-28(20)21/h7-8,11-12H,4-6,9-10,13-17H2,1-3H3,(H,23,24). The van der Waals surface area contributed by atoms with E-state index in [2.05, 4.69) is 70.1 Å². The molecule has 1 aromatic carbocycles. The number of guanidine groups is 1. The maximum atomic E-state index is 4.84. The highest BCUT2D eigenvalue weighted by atomic mass is 15.3. The lowest BCUT2D eigenvalue weighted by Gasteiger charge is -2.23. The summed E-state index contributed by atoms with van der Waals surface area (Å²) in [6.45, 7) is 7.87. The van der Waals surface area contributed by atoms with Crippen LogP contribution in [0.3, 0.4) is 0 Å². The van der Waals surface area contributed by atoms with E-state index in [1.54, 1.807) is 0 Å². The van der Waals surface area contributed by atoms with E-state index < -0.39 is 0 Å². The van der Waals surface area contributed by atoms with Gasteiger partial charge in [-0.05, 0) is 44.2 Å². The highest BCUT2D eigenvalue weighted by molar-refractivity contribution is 5.79. The predicted octanol–water partition coefficient (Wildman–Crippen LogP) is 3.34. The van der Waals surface area contributed by atoms with Crippen molar-refractivity contribution in [1.29, 1.82) is 0 Å². The van der Waals surface area contributed by atoms with Crippen LogP contribution >= 0.6 is 0 Å². The molecule has 0 unspecified atom stereocenters. The van der Waals surface area contributed by atoms with Gasteiger partial charge in [-0.1, -0.05) is 30.7 Å². The van der Waals surface area contributed by atoms with Gasteiger partial charge in [0.15, 0.2) is 5.96 Å². The summed E-state index contributed by atoms with van der Waals surface area (Å²) in [7, 11) is 2.10. The molecule has 28 heavy (non-hydrogen) atoms. The summed E-state index contributed by atoms with van der Waals surface area (Å²) >= 11 is 0. The Bertz CT molecular complexity index is 779. The molecule has 0 saturated carbocycles. The molecule has 6 nitrogen and oxygen atoms in total. The van der Waals surface area contributed by atoms with Gasteiger partial charge in [0.05, 0.1) is 0 Å². The Kier molecular flexibility index (Phi) is 7.46. The SMILES string of the molecule is CCNC(=NCCCc1nnc2n1CCCCC2)N(C)Cc1ccccc1C. The fourth-order valence-corrected chi connectivity index (χ4v) is 3.74. The van der Waals surface area contributed by atoms with Gasteiger partial charge in [0.2, 0.25) is 0 Å². The number of benzene rings is 1. The van der Waals surface area contributed by atoms with Crippen LogP contribution in [0.2, 0.25) is 0 Å². The Labute approximate surface area is 169 Å². The second-order valence-corrected chi connectivity index (χ2v) is 7.62. The zero-order valence-electron chi connectivity index (χ0n) is 17.6. The van der Waals surface area contributed by atoms with Crippen LogP contribution in [-0.2, 0) is 25.9 Å². The first-order valence-electron chi connectivity index (χ1n) is 10.6. The van der Waals surface area contributed by atoms with Crippen LogP contribution < -0.4 is 5.32 Å². The van der Waals surface area contributed by atoms with E-state index in [1.165, 1.54) is 36.2 Å². The van der Waals surface area contributed by atoms with Crippen molar-refractivity contribution in [3.05, 3.63) is 47.0 Å².